The summed E-state index contributed by atoms with van der Waals surface area (Å²) in [6.45, 7) is 4.93. The number of carbonyl (C=O) groups excluding carboxylic acids is 2. The molecule has 0 aliphatic carbocycles. The number of hydrogen-bond donors (Lipinski definition) is 1. The monoisotopic (exact) mass is 384 g/mol. The molecule has 0 saturated carbocycles. The lowest BCUT2D eigenvalue weighted by Crippen LogP contribution is -2.43. The third-order valence-corrected chi connectivity index (χ3v) is 5.10. The van der Waals surface area contributed by atoms with Gasteiger partial charge in [0, 0.05) is 24.6 Å². The molecule has 1 aromatic carbocycles. The molecule has 3 heterocycles. The molecule has 28 heavy (non-hydrogen) atoms. The Balaban J connectivity index is 1.54. The van der Waals surface area contributed by atoms with Crippen molar-refractivity contribution < 1.29 is 23.5 Å². The Morgan fingerprint density at radius 2 is 2.21 bits per heavy atom. The predicted octanol–water partition coefficient (Wildman–Crippen LogP) is 3.25. The topological polar surface area (TPSA) is 81.0 Å². The molecule has 1 saturated heterocycles. The fraction of sp³-hybridized carbons (Fsp3) is 0.429. The second-order valence-electron chi connectivity index (χ2n) is 7.14. The molecular weight excluding hydrogens is 360 g/mol. The smallest absolute Gasteiger partial charge is 0.290 e. The van der Waals surface area contributed by atoms with E-state index in [9.17, 15) is 9.59 Å². The number of benzene rings is 1. The van der Waals surface area contributed by atoms with E-state index in [0.717, 1.165) is 24.2 Å². The van der Waals surface area contributed by atoms with Crippen molar-refractivity contribution in [3.8, 4) is 11.5 Å². The minimum absolute atomic E-state index is 0.103. The Morgan fingerprint density at radius 1 is 1.36 bits per heavy atom. The van der Waals surface area contributed by atoms with E-state index in [1.807, 2.05) is 26.0 Å². The third-order valence-electron chi connectivity index (χ3n) is 5.10. The summed E-state index contributed by atoms with van der Waals surface area (Å²) in [5.74, 6) is 1.13. The van der Waals surface area contributed by atoms with E-state index in [-0.39, 0.29) is 23.7 Å². The number of rotatable bonds is 5. The third kappa shape index (κ3) is 3.44. The van der Waals surface area contributed by atoms with Crippen LogP contribution in [0.15, 0.2) is 34.9 Å². The van der Waals surface area contributed by atoms with Crippen LogP contribution in [0.2, 0.25) is 0 Å². The number of likely N-dealkylation sites (tertiary alicyclic amines) is 1. The number of nitrogens with one attached hydrogen (secondary N) is 1. The lowest BCUT2D eigenvalue weighted by atomic mass is 10.1. The average molecular weight is 384 g/mol. The second kappa shape index (κ2) is 7.58. The van der Waals surface area contributed by atoms with Crippen LogP contribution >= 0.6 is 0 Å². The van der Waals surface area contributed by atoms with Gasteiger partial charge in [0.25, 0.3) is 5.91 Å². The summed E-state index contributed by atoms with van der Waals surface area (Å²) < 4.78 is 16.7. The Morgan fingerprint density at radius 3 is 2.96 bits per heavy atom. The van der Waals surface area contributed by atoms with E-state index in [0.29, 0.717) is 31.0 Å². The number of anilines is 1. The first-order chi connectivity index (χ1) is 13.6. The first-order valence-electron chi connectivity index (χ1n) is 9.68. The van der Waals surface area contributed by atoms with Crippen LogP contribution in [0.4, 0.5) is 5.69 Å². The van der Waals surface area contributed by atoms with Crippen molar-refractivity contribution in [1.29, 1.82) is 0 Å². The van der Waals surface area contributed by atoms with Crippen molar-refractivity contribution in [2.24, 2.45) is 0 Å². The number of hydrogen-bond acceptors (Lipinski definition) is 5. The summed E-state index contributed by atoms with van der Waals surface area (Å²) in [6, 6.07) is 6.48. The fourth-order valence-electron chi connectivity index (χ4n) is 3.85. The zero-order valence-corrected chi connectivity index (χ0v) is 16.1. The number of fused-ring (bicyclic) bond motifs is 1. The lowest BCUT2D eigenvalue weighted by Gasteiger charge is -2.23. The van der Waals surface area contributed by atoms with Crippen molar-refractivity contribution in [3.63, 3.8) is 0 Å². The quantitative estimate of drug-likeness (QED) is 0.856. The van der Waals surface area contributed by atoms with Crippen molar-refractivity contribution in [2.75, 3.05) is 18.5 Å². The van der Waals surface area contributed by atoms with Gasteiger partial charge < -0.3 is 24.1 Å². The molecular formula is C21H24N2O5. The SMILES string of the molecule is CCOc1cc2c(cc1NC(=O)[C@H]1CCCN1C(=O)c1ccco1)O[C@@H](C)C2. The maximum atomic E-state index is 13.0. The van der Waals surface area contributed by atoms with Crippen molar-refractivity contribution in [3.05, 3.63) is 41.9 Å². The van der Waals surface area contributed by atoms with Gasteiger partial charge in [-0.15, -0.1) is 0 Å². The van der Waals surface area contributed by atoms with Gasteiger partial charge in [0.2, 0.25) is 5.91 Å². The minimum atomic E-state index is -0.542. The molecule has 1 aromatic heterocycles. The lowest BCUT2D eigenvalue weighted by molar-refractivity contribution is -0.119. The van der Waals surface area contributed by atoms with E-state index in [2.05, 4.69) is 5.32 Å². The highest BCUT2D eigenvalue weighted by molar-refractivity contribution is 6.01. The summed E-state index contributed by atoms with van der Waals surface area (Å²) >= 11 is 0. The molecule has 0 unspecified atom stereocenters. The Labute approximate surface area is 163 Å². The van der Waals surface area contributed by atoms with E-state index >= 15 is 0 Å². The number of nitrogens with zero attached hydrogens (tertiary/aromatic N) is 1. The van der Waals surface area contributed by atoms with Gasteiger partial charge in [0.1, 0.15) is 23.6 Å². The molecule has 0 spiro atoms. The molecule has 148 valence electrons. The highest BCUT2D eigenvalue weighted by atomic mass is 16.5. The summed E-state index contributed by atoms with van der Waals surface area (Å²) in [4.78, 5) is 27.2. The van der Waals surface area contributed by atoms with Crippen LogP contribution in [0, 0.1) is 0 Å². The van der Waals surface area contributed by atoms with E-state index in [1.165, 1.54) is 6.26 Å². The number of ether oxygens (including phenoxy) is 2. The van der Waals surface area contributed by atoms with E-state index in [1.54, 1.807) is 17.0 Å². The Bertz CT molecular complexity index is 877. The zero-order chi connectivity index (χ0) is 19.7. The van der Waals surface area contributed by atoms with Crippen LogP contribution in [0.25, 0.3) is 0 Å². The first-order valence-corrected chi connectivity index (χ1v) is 9.68. The molecule has 0 bridgehead atoms. The summed E-state index contributed by atoms with van der Waals surface area (Å²) in [7, 11) is 0. The summed E-state index contributed by atoms with van der Waals surface area (Å²) in [5.41, 5.74) is 1.64. The van der Waals surface area contributed by atoms with Crippen LogP contribution in [0.1, 0.15) is 42.8 Å². The van der Waals surface area contributed by atoms with Gasteiger partial charge in [-0.2, -0.15) is 0 Å². The molecule has 1 N–H and O–H groups in total. The molecule has 7 nitrogen and oxygen atoms in total. The standard InChI is InChI=1S/C21H24N2O5/c1-3-26-19-11-14-10-13(2)28-18(14)12-15(19)22-20(24)16-6-4-8-23(16)21(25)17-7-5-9-27-17/h5,7,9,11-13,16H,3-4,6,8,10H2,1-2H3,(H,22,24)/t13-,16+/m0/s1. The summed E-state index contributed by atoms with van der Waals surface area (Å²) in [6.07, 6.45) is 3.76. The highest BCUT2D eigenvalue weighted by Gasteiger charge is 2.36. The van der Waals surface area contributed by atoms with Gasteiger partial charge in [-0.05, 0) is 44.9 Å². The molecule has 1 fully saturated rings. The van der Waals surface area contributed by atoms with Crippen LogP contribution in [0.3, 0.4) is 0 Å². The Kier molecular flexibility index (Phi) is 4.98. The van der Waals surface area contributed by atoms with Gasteiger partial charge in [0.15, 0.2) is 5.76 Å². The van der Waals surface area contributed by atoms with Gasteiger partial charge in [-0.25, -0.2) is 0 Å². The first kappa shape index (κ1) is 18.4. The van der Waals surface area contributed by atoms with E-state index < -0.39 is 6.04 Å². The van der Waals surface area contributed by atoms with Gasteiger partial charge in [-0.3, -0.25) is 9.59 Å². The minimum Gasteiger partial charge on any atom is -0.492 e. The van der Waals surface area contributed by atoms with E-state index in [4.69, 9.17) is 13.9 Å². The van der Waals surface area contributed by atoms with Gasteiger partial charge >= 0.3 is 0 Å². The average Bonchev–Trinajstić information content (AvgIpc) is 3.41. The number of carbonyl (C=O) groups is 2. The molecule has 2 aliphatic heterocycles. The molecule has 4 rings (SSSR count). The Hall–Kier alpha value is -2.96. The zero-order valence-electron chi connectivity index (χ0n) is 16.1. The van der Waals surface area contributed by atoms with Crippen molar-refractivity contribution in [1.82, 2.24) is 4.90 Å². The molecule has 0 radical (unpaired) electrons. The van der Waals surface area contributed by atoms with Crippen LogP contribution in [-0.4, -0.2) is 42.0 Å². The molecule has 2 amide bonds. The molecule has 2 atom stereocenters. The van der Waals surface area contributed by atoms with Gasteiger partial charge in [-0.1, -0.05) is 0 Å². The molecule has 7 heteroatoms. The molecule has 2 aliphatic rings. The molecule has 2 aromatic rings. The van der Waals surface area contributed by atoms with Crippen LogP contribution < -0.4 is 14.8 Å². The highest BCUT2D eigenvalue weighted by Crippen LogP contribution is 2.38. The van der Waals surface area contributed by atoms with Crippen molar-refractivity contribution >= 4 is 17.5 Å². The normalized spacial score (nSPS) is 20.6. The maximum absolute atomic E-state index is 13.0. The predicted molar refractivity (Wildman–Crippen MR) is 103 cm³/mol. The fourth-order valence-corrected chi connectivity index (χ4v) is 3.85. The van der Waals surface area contributed by atoms with Crippen molar-refractivity contribution in [2.45, 2.75) is 45.3 Å². The largest absolute Gasteiger partial charge is 0.492 e. The van der Waals surface area contributed by atoms with Crippen LogP contribution in [-0.2, 0) is 11.2 Å². The maximum Gasteiger partial charge on any atom is 0.290 e. The van der Waals surface area contributed by atoms with Gasteiger partial charge in [0.05, 0.1) is 18.6 Å². The van der Waals surface area contributed by atoms with Crippen LogP contribution in [0.5, 0.6) is 11.5 Å². The number of amides is 2. The summed E-state index contributed by atoms with van der Waals surface area (Å²) in [5, 5.41) is 2.94. The number of furan rings is 1. The second-order valence-corrected chi connectivity index (χ2v) is 7.14.